The van der Waals surface area contributed by atoms with E-state index in [0.717, 1.165) is 38.3 Å². The summed E-state index contributed by atoms with van der Waals surface area (Å²) in [5.74, 6) is -1.47. The van der Waals surface area contributed by atoms with Crippen molar-refractivity contribution >= 4 is 32.3 Å². The average molecular weight is 603 g/mol. The van der Waals surface area contributed by atoms with Gasteiger partial charge in [0.1, 0.15) is 35.4 Å². The smallest absolute Gasteiger partial charge is 0.137 e. The van der Waals surface area contributed by atoms with Crippen molar-refractivity contribution in [1.29, 1.82) is 0 Å². The number of halogens is 2. The third kappa shape index (κ3) is 4.76. The van der Waals surface area contributed by atoms with Crippen LogP contribution >= 0.6 is 11.3 Å². The summed E-state index contributed by atoms with van der Waals surface area (Å²) >= 11 is 1.44. The molecule has 0 fully saturated rings. The minimum absolute atomic E-state index is 0.0516. The number of thiophene rings is 1. The zero-order valence-corrected chi connectivity index (χ0v) is 24.3. The molecule has 0 bridgehead atoms. The van der Waals surface area contributed by atoms with Gasteiger partial charge in [0, 0.05) is 66.0 Å². The van der Waals surface area contributed by atoms with Crippen molar-refractivity contribution in [3.05, 3.63) is 71.4 Å². The molecule has 2 N–H and O–H groups in total. The molecule has 1 atom stereocenters. The van der Waals surface area contributed by atoms with Crippen LogP contribution in [0.4, 0.5) is 8.78 Å². The molecule has 4 aromatic heterocycles. The topological polar surface area (TPSA) is 99.2 Å². The van der Waals surface area contributed by atoms with E-state index in [-0.39, 0.29) is 37.2 Å². The Balaban J connectivity index is 1.52. The molecule has 12 heteroatoms. The van der Waals surface area contributed by atoms with Gasteiger partial charge in [-0.2, -0.15) is 10.2 Å². The van der Waals surface area contributed by atoms with Gasteiger partial charge in [0.25, 0.3) is 0 Å². The summed E-state index contributed by atoms with van der Waals surface area (Å²) < 4.78 is 45.8. The first kappa shape index (κ1) is 27.6. The lowest BCUT2D eigenvalue weighted by Gasteiger charge is -2.23. The lowest BCUT2D eigenvalue weighted by Crippen LogP contribution is -2.35. The molecule has 43 heavy (non-hydrogen) atoms. The highest BCUT2D eigenvalue weighted by Gasteiger charge is 2.28. The molecule has 1 unspecified atom stereocenters. The molecule has 7 rings (SSSR count). The SMILES string of the molecule is COCCOc1cc(F)cc(F)c1-c1c(-c2cc3n(n2)C(CO)CNC3)nc(-c2ccc3c(cnn3C)c2)c2ccsc12. The fourth-order valence-corrected chi connectivity index (χ4v) is 6.66. The molecule has 2 aromatic carbocycles. The molecule has 0 saturated heterocycles. The Labute approximate surface area is 249 Å². The van der Waals surface area contributed by atoms with E-state index in [4.69, 9.17) is 19.6 Å². The summed E-state index contributed by atoms with van der Waals surface area (Å²) in [7, 11) is 3.42. The lowest BCUT2D eigenvalue weighted by atomic mass is 9.96. The Kier molecular flexibility index (Phi) is 7.14. The van der Waals surface area contributed by atoms with Gasteiger partial charge in [-0.3, -0.25) is 9.36 Å². The molecular formula is C31H28F2N6O3S. The van der Waals surface area contributed by atoms with Gasteiger partial charge in [-0.15, -0.1) is 11.3 Å². The number of benzene rings is 2. The van der Waals surface area contributed by atoms with Crippen LogP contribution in [0.25, 0.3) is 54.8 Å². The van der Waals surface area contributed by atoms with Crippen LogP contribution in [0.3, 0.4) is 0 Å². The normalized spacial score (nSPS) is 15.0. The van der Waals surface area contributed by atoms with Crippen molar-refractivity contribution in [2.45, 2.75) is 12.6 Å². The largest absolute Gasteiger partial charge is 0.490 e. The molecule has 220 valence electrons. The first-order chi connectivity index (χ1) is 21.0. The van der Waals surface area contributed by atoms with Crippen molar-refractivity contribution in [1.82, 2.24) is 29.9 Å². The molecule has 6 aromatic rings. The standard InChI is InChI=1S/C31H28F2N6O3S/c1-38-25-4-3-17(9-18(25)13-35-38)29-22-5-8-43-31(22)28(27-23(33)10-19(32)11-26(27)42-7-6-41-2)30(36-29)24-12-20-14-34-15-21(16-40)39(20)37-24/h3-5,8-13,21,34,40H,6-7,14-16H2,1-2H3. The molecule has 0 radical (unpaired) electrons. The van der Waals surface area contributed by atoms with Gasteiger partial charge >= 0.3 is 0 Å². The fourth-order valence-electron chi connectivity index (χ4n) is 5.71. The first-order valence-electron chi connectivity index (χ1n) is 13.8. The second-order valence-corrected chi connectivity index (χ2v) is 11.3. The number of nitrogens with zero attached hydrogens (tertiary/aromatic N) is 5. The van der Waals surface area contributed by atoms with Crippen molar-refractivity contribution in [3.8, 4) is 39.5 Å². The van der Waals surface area contributed by atoms with Crippen molar-refractivity contribution < 1.29 is 23.4 Å². The van der Waals surface area contributed by atoms with E-state index in [1.165, 1.54) is 24.5 Å². The zero-order valence-electron chi connectivity index (χ0n) is 23.5. The van der Waals surface area contributed by atoms with Crippen molar-refractivity contribution in [3.63, 3.8) is 0 Å². The van der Waals surface area contributed by atoms with Gasteiger partial charge in [-0.05, 0) is 29.6 Å². The van der Waals surface area contributed by atoms with Crippen molar-refractivity contribution in [2.75, 3.05) is 33.5 Å². The van der Waals surface area contributed by atoms with Crippen LogP contribution in [0.2, 0.25) is 0 Å². The third-order valence-electron chi connectivity index (χ3n) is 7.74. The van der Waals surface area contributed by atoms with Gasteiger partial charge in [-0.25, -0.2) is 13.8 Å². The predicted octanol–water partition coefficient (Wildman–Crippen LogP) is 5.32. The Bertz CT molecular complexity index is 1980. The summed E-state index contributed by atoms with van der Waals surface area (Å²) in [6.07, 6.45) is 1.81. The lowest BCUT2D eigenvalue weighted by molar-refractivity contribution is 0.146. The molecule has 0 amide bonds. The number of aryl methyl sites for hydroxylation is 1. The quantitative estimate of drug-likeness (QED) is 0.228. The number of hydrogen-bond donors (Lipinski definition) is 2. The van der Waals surface area contributed by atoms with E-state index in [1.807, 2.05) is 53.6 Å². The van der Waals surface area contributed by atoms with Crippen LogP contribution in [-0.4, -0.2) is 63.1 Å². The van der Waals surface area contributed by atoms with Crippen LogP contribution in [0, 0.1) is 11.6 Å². The van der Waals surface area contributed by atoms with Gasteiger partial charge in [0.05, 0.1) is 47.9 Å². The highest BCUT2D eigenvalue weighted by molar-refractivity contribution is 7.18. The zero-order chi connectivity index (χ0) is 29.7. The van der Waals surface area contributed by atoms with Crippen LogP contribution < -0.4 is 10.1 Å². The highest BCUT2D eigenvalue weighted by Crippen LogP contribution is 2.47. The number of hydrogen-bond acceptors (Lipinski definition) is 8. The predicted molar refractivity (Wildman–Crippen MR) is 161 cm³/mol. The summed E-state index contributed by atoms with van der Waals surface area (Å²) in [6, 6.07) is 11.7. The number of nitrogens with one attached hydrogen (secondary N) is 1. The van der Waals surface area contributed by atoms with Crippen LogP contribution in [0.5, 0.6) is 5.75 Å². The van der Waals surface area contributed by atoms with Crippen LogP contribution in [0.15, 0.2) is 54.0 Å². The number of aliphatic hydroxyl groups excluding tert-OH is 1. The highest BCUT2D eigenvalue weighted by atomic mass is 32.1. The maximum absolute atomic E-state index is 15.9. The fraction of sp³-hybridized carbons (Fsp3) is 0.258. The van der Waals surface area contributed by atoms with Gasteiger partial charge in [0.15, 0.2) is 0 Å². The number of aromatic nitrogens is 5. The monoisotopic (exact) mass is 602 g/mol. The number of fused-ring (bicyclic) bond motifs is 3. The number of aliphatic hydroxyl groups is 1. The molecule has 9 nitrogen and oxygen atoms in total. The molecule has 1 aliphatic rings. The van der Waals surface area contributed by atoms with Crippen LogP contribution in [0.1, 0.15) is 11.7 Å². The van der Waals surface area contributed by atoms with Crippen molar-refractivity contribution in [2.24, 2.45) is 7.05 Å². The number of methoxy groups -OCH3 is 1. The second kappa shape index (κ2) is 11.1. The molecule has 0 spiro atoms. The summed E-state index contributed by atoms with van der Waals surface area (Å²) in [4.78, 5) is 5.18. The van der Waals surface area contributed by atoms with E-state index >= 15 is 4.39 Å². The van der Waals surface area contributed by atoms with Gasteiger partial charge in [0.2, 0.25) is 0 Å². The molecule has 0 aliphatic carbocycles. The Morgan fingerprint density at radius 2 is 1.98 bits per heavy atom. The minimum Gasteiger partial charge on any atom is -0.490 e. The Morgan fingerprint density at radius 3 is 2.81 bits per heavy atom. The van der Waals surface area contributed by atoms with E-state index in [9.17, 15) is 9.50 Å². The first-order valence-corrected chi connectivity index (χ1v) is 14.7. The van der Waals surface area contributed by atoms with E-state index in [2.05, 4.69) is 10.4 Å². The van der Waals surface area contributed by atoms with Gasteiger partial charge < -0.3 is 19.9 Å². The summed E-state index contributed by atoms with van der Waals surface area (Å²) in [6.45, 7) is 1.38. The van der Waals surface area contributed by atoms with E-state index < -0.39 is 11.6 Å². The Hall–Kier alpha value is -4.23. The number of ether oxygens (including phenoxy) is 2. The second-order valence-electron chi connectivity index (χ2n) is 10.4. The maximum Gasteiger partial charge on any atom is 0.137 e. The minimum atomic E-state index is -0.770. The summed E-state index contributed by atoms with van der Waals surface area (Å²) in [5.41, 5.74) is 4.93. The number of pyridine rings is 1. The molecule has 5 heterocycles. The molecular weight excluding hydrogens is 574 g/mol. The van der Waals surface area contributed by atoms with E-state index in [0.29, 0.717) is 35.7 Å². The number of rotatable bonds is 8. The molecule has 1 aliphatic heterocycles. The average Bonchev–Trinajstić information content (AvgIpc) is 3.75. The Morgan fingerprint density at radius 1 is 1.09 bits per heavy atom. The van der Waals surface area contributed by atoms with E-state index in [1.54, 1.807) is 4.68 Å². The third-order valence-corrected chi connectivity index (χ3v) is 8.67. The van der Waals surface area contributed by atoms with Crippen LogP contribution in [-0.2, 0) is 18.3 Å². The maximum atomic E-state index is 15.9. The molecule has 0 saturated carbocycles. The van der Waals surface area contributed by atoms with Gasteiger partial charge in [-0.1, -0.05) is 6.07 Å². The summed E-state index contributed by atoms with van der Waals surface area (Å²) in [5, 5.41) is 26.3.